The van der Waals surface area contributed by atoms with Crippen LogP contribution in [-0.4, -0.2) is 25.3 Å². The third kappa shape index (κ3) is 5.57. The Labute approximate surface area is 181 Å². The maximum atomic E-state index is 12.5. The first kappa shape index (κ1) is 22.7. The molecule has 30 heavy (non-hydrogen) atoms. The monoisotopic (exact) mass is 414 g/mol. The van der Waals surface area contributed by atoms with Crippen LogP contribution >= 0.6 is 0 Å². The topological polar surface area (TPSA) is 73.6 Å². The molecule has 0 saturated heterocycles. The molecule has 1 heterocycles. The first-order chi connectivity index (χ1) is 14.5. The van der Waals surface area contributed by atoms with Gasteiger partial charge >= 0.3 is 6.09 Å². The summed E-state index contributed by atoms with van der Waals surface area (Å²) < 4.78 is 12.2. The van der Waals surface area contributed by atoms with E-state index >= 15 is 0 Å². The van der Waals surface area contributed by atoms with Crippen LogP contribution in [0, 0.1) is 5.92 Å². The van der Waals surface area contributed by atoms with Crippen molar-refractivity contribution in [2.75, 3.05) is 13.1 Å². The molecule has 0 saturated carbocycles. The van der Waals surface area contributed by atoms with Crippen molar-refractivity contribution in [2.24, 2.45) is 11.7 Å². The number of carbonyl (C=O) groups excluding carboxylic acids is 1. The number of hydrogen-bond acceptors (Lipinski definition) is 4. The van der Waals surface area contributed by atoms with E-state index in [-0.39, 0.29) is 12.0 Å². The van der Waals surface area contributed by atoms with E-state index in [1.807, 2.05) is 0 Å². The summed E-state index contributed by atoms with van der Waals surface area (Å²) in [6, 6.07) is 4.23. The molecule has 3 N–H and O–H groups in total. The normalized spacial score (nSPS) is 22.4. The van der Waals surface area contributed by atoms with Gasteiger partial charge in [0.1, 0.15) is 11.5 Å². The van der Waals surface area contributed by atoms with Crippen LogP contribution in [0.4, 0.5) is 4.79 Å². The van der Waals surface area contributed by atoms with Gasteiger partial charge in [-0.15, -0.1) is 0 Å². The molecule has 3 rings (SSSR count). The van der Waals surface area contributed by atoms with Crippen molar-refractivity contribution in [3.63, 3.8) is 0 Å². The number of hydrogen-bond donors (Lipinski definition) is 2. The second-order valence-corrected chi connectivity index (χ2v) is 8.84. The molecule has 0 radical (unpaired) electrons. The fourth-order valence-corrected chi connectivity index (χ4v) is 4.68. The minimum absolute atomic E-state index is 0.163. The number of aryl methyl sites for hydroxylation is 1. The van der Waals surface area contributed by atoms with Gasteiger partial charge in [-0.2, -0.15) is 0 Å². The Bertz CT molecular complexity index is 759. The second kappa shape index (κ2) is 10.9. The molecular weight excluding hydrogens is 376 g/mol. The van der Waals surface area contributed by atoms with Crippen molar-refractivity contribution in [1.82, 2.24) is 5.32 Å². The summed E-state index contributed by atoms with van der Waals surface area (Å²) in [7, 11) is 0. The zero-order chi connectivity index (χ0) is 21.5. The molecule has 1 unspecified atom stereocenters. The van der Waals surface area contributed by atoms with Gasteiger partial charge < -0.3 is 20.5 Å². The number of carbonyl (C=O) groups is 1. The fourth-order valence-electron chi connectivity index (χ4n) is 4.68. The van der Waals surface area contributed by atoms with Crippen molar-refractivity contribution in [3.8, 4) is 11.5 Å². The fraction of sp³-hybridized carbons (Fsp3) is 0.640. The van der Waals surface area contributed by atoms with Crippen molar-refractivity contribution in [3.05, 3.63) is 34.9 Å². The van der Waals surface area contributed by atoms with Crippen LogP contribution in [0.2, 0.25) is 0 Å². The third-order valence-corrected chi connectivity index (χ3v) is 6.38. The first-order valence-electron chi connectivity index (χ1n) is 11.7. The highest BCUT2D eigenvalue weighted by atomic mass is 16.6. The van der Waals surface area contributed by atoms with E-state index in [1.54, 1.807) is 0 Å². The molecule has 0 spiro atoms. The van der Waals surface area contributed by atoms with Crippen molar-refractivity contribution in [2.45, 2.75) is 84.2 Å². The van der Waals surface area contributed by atoms with Gasteiger partial charge in [0, 0.05) is 23.9 Å². The number of amides is 1. The molecule has 0 aromatic heterocycles. The minimum atomic E-state index is -0.397. The number of benzene rings is 1. The predicted molar refractivity (Wildman–Crippen MR) is 121 cm³/mol. The zero-order valence-corrected chi connectivity index (χ0v) is 18.8. The molecule has 166 valence electrons. The molecule has 5 heteroatoms. The van der Waals surface area contributed by atoms with Gasteiger partial charge in [0.25, 0.3) is 0 Å². The molecule has 5 nitrogen and oxygen atoms in total. The lowest BCUT2D eigenvalue weighted by Crippen LogP contribution is -2.36. The summed E-state index contributed by atoms with van der Waals surface area (Å²) in [5, 5.41) is 2.86. The number of nitrogens with one attached hydrogen (secondary N) is 1. The molecule has 1 aliphatic heterocycles. The second-order valence-electron chi connectivity index (χ2n) is 8.84. The Morgan fingerprint density at radius 2 is 2.10 bits per heavy atom. The lowest BCUT2D eigenvalue weighted by molar-refractivity contribution is 0.107. The van der Waals surface area contributed by atoms with E-state index in [2.05, 4.69) is 44.3 Å². The summed E-state index contributed by atoms with van der Waals surface area (Å²) in [5.41, 5.74) is 9.15. The maximum Gasteiger partial charge on any atom is 0.412 e. The highest BCUT2D eigenvalue weighted by Gasteiger charge is 2.39. The maximum absolute atomic E-state index is 12.5. The summed E-state index contributed by atoms with van der Waals surface area (Å²) in [6.07, 6.45) is 10.6. The van der Waals surface area contributed by atoms with Gasteiger partial charge in [-0.3, -0.25) is 0 Å². The minimum Gasteiger partial charge on any atom is -0.490 e. The molecular formula is C25H38N2O3. The number of nitrogens with two attached hydrogens (primary N) is 1. The van der Waals surface area contributed by atoms with Gasteiger partial charge in [-0.25, -0.2) is 4.79 Å². The number of rotatable bonds is 9. The van der Waals surface area contributed by atoms with Crippen LogP contribution in [0.15, 0.2) is 23.8 Å². The predicted octanol–water partition coefficient (Wildman–Crippen LogP) is 5.47. The molecule has 0 bridgehead atoms. The first-order valence-corrected chi connectivity index (χ1v) is 11.7. The molecule has 1 aromatic rings. The zero-order valence-electron chi connectivity index (χ0n) is 18.8. The summed E-state index contributed by atoms with van der Waals surface area (Å²) in [6.45, 7) is 7.78. The van der Waals surface area contributed by atoms with E-state index in [1.165, 1.54) is 24.0 Å². The number of allylic oxidation sites excluding steroid dienone is 2. The quantitative estimate of drug-likeness (QED) is 0.415. The average Bonchev–Trinajstić information content (AvgIpc) is 2.71. The number of ether oxygens (including phenoxy) is 2. The molecule has 1 aliphatic carbocycles. The molecule has 1 aromatic carbocycles. The summed E-state index contributed by atoms with van der Waals surface area (Å²) >= 11 is 0. The van der Waals surface area contributed by atoms with E-state index in [9.17, 15) is 4.79 Å². The Morgan fingerprint density at radius 1 is 1.27 bits per heavy atom. The van der Waals surface area contributed by atoms with Crippen LogP contribution < -0.4 is 20.5 Å². The van der Waals surface area contributed by atoms with Crippen molar-refractivity contribution in [1.29, 1.82) is 0 Å². The van der Waals surface area contributed by atoms with Crippen LogP contribution in [0.3, 0.4) is 0 Å². The summed E-state index contributed by atoms with van der Waals surface area (Å²) in [5.74, 6) is 2.20. The smallest absolute Gasteiger partial charge is 0.412 e. The lowest BCUT2D eigenvalue weighted by atomic mass is 9.72. The Morgan fingerprint density at radius 3 is 2.87 bits per heavy atom. The number of fused-ring (bicyclic) bond motifs is 3. The van der Waals surface area contributed by atoms with Crippen molar-refractivity contribution < 1.29 is 14.3 Å². The summed E-state index contributed by atoms with van der Waals surface area (Å²) in [4.78, 5) is 12.5. The van der Waals surface area contributed by atoms with Crippen LogP contribution in [-0.2, 0) is 6.42 Å². The van der Waals surface area contributed by atoms with Crippen LogP contribution in [0.5, 0.6) is 11.5 Å². The highest BCUT2D eigenvalue weighted by Crippen LogP contribution is 2.50. The Hall–Kier alpha value is -2.01. The molecule has 2 aliphatic rings. The van der Waals surface area contributed by atoms with Gasteiger partial charge in [0.05, 0.1) is 6.10 Å². The largest absolute Gasteiger partial charge is 0.490 e. The van der Waals surface area contributed by atoms with Gasteiger partial charge in [0.2, 0.25) is 0 Å². The van der Waals surface area contributed by atoms with E-state index in [0.29, 0.717) is 24.8 Å². The third-order valence-electron chi connectivity index (χ3n) is 6.38. The van der Waals surface area contributed by atoms with Crippen LogP contribution in [0.1, 0.15) is 82.8 Å². The van der Waals surface area contributed by atoms with E-state index < -0.39 is 6.09 Å². The Kier molecular flexibility index (Phi) is 8.20. The Balaban J connectivity index is 1.88. The van der Waals surface area contributed by atoms with Gasteiger partial charge in [-0.05, 0) is 76.6 Å². The van der Waals surface area contributed by atoms with Crippen molar-refractivity contribution >= 4 is 6.09 Å². The van der Waals surface area contributed by atoms with Crippen LogP contribution in [0.25, 0.3) is 0 Å². The van der Waals surface area contributed by atoms with E-state index in [0.717, 1.165) is 49.8 Å². The number of unbranched alkanes of at least 4 members (excludes halogenated alkanes) is 3. The van der Waals surface area contributed by atoms with Gasteiger partial charge in [-0.1, -0.05) is 31.4 Å². The van der Waals surface area contributed by atoms with Gasteiger partial charge in [0.15, 0.2) is 0 Å². The molecule has 1 amide bonds. The molecule has 0 fully saturated rings. The van der Waals surface area contributed by atoms with E-state index in [4.69, 9.17) is 15.2 Å². The average molecular weight is 415 g/mol. The lowest BCUT2D eigenvalue weighted by Gasteiger charge is -2.40. The SMILES string of the molecule is CCCCCc1cc(OC(=O)NCCCCN)c2c(c1)OC(C)[C@@H]1CCC(C)=C[C@@H]21. The standard InChI is InChI=1S/C25H38N2O3/c1-4-5-6-9-19-15-22-24(21-14-17(2)10-11-20(21)18(3)29-22)23(16-19)30-25(28)27-13-8-7-12-26/h14-16,18,20-21H,4-13,26H2,1-3H3,(H,27,28)/t18?,20-,21+/m0/s1. The molecule has 3 atom stereocenters. The highest BCUT2D eigenvalue weighted by molar-refractivity contribution is 5.72.